The van der Waals surface area contributed by atoms with Gasteiger partial charge in [-0.3, -0.25) is 4.79 Å². The van der Waals surface area contributed by atoms with E-state index in [9.17, 15) is 9.90 Å². The summed E-state index contributed by atoms with van der Waals surface area (Å²) in [6, 6.07) is 5.38. The van der Waals surface area contributed by atoms with Crippen molar-refractivity contribution >= 4 is 17.5 Å². The van der Waals surface area contributed by atoms with Crippen molar-refractivity contribution in [3.8, 4) is 5.82 Å². The molecule has 1 amide bonds. The van der Waals surface area contributed by atoms with E-state index in [1.807, 2.05) is 19.9 Å². The van der Waals surface area contributed by atoms with Gasteiger partial charge in [-0.1, -0.05) is 11.6 Å². The molecule has 128 valence electrons. The molecule has 7 heteroatoms. The molecule has 1 saturated heterocycles. The van der Waals surface area contributed by atoms with E-state index in [1.54, 1.807) is 28.6 Å². The lowest BCUT2D eigenvalue weighted by Crippen LogP contribution is -2.31. The van der Waals surface area contributed by atoms with Crippen LogP contribution in [0.1, 0.15) is 35.2 Å². The molecule has 1 aliphatic heterocycles. The quantitative estimate of drug-likeness (QED) is 0.924. The van der Waals surface area contributed by atoms with Crippen LogP contribution in [0.5, 0.6) is 0 Å². The second-order valence-electron chi connectivity index (χ2n) is 6.38. The first-order valence-electron chi connectivity index (χ1n) is 8.04. The van der Waals surface area contributed by atoms with Gasteiger partial charge in [0.15, 0.2) is 5.82 Å². The number of pyridine rings is 1. The van der Waals surface area contributed by atoms with Crippen LogP contribution >= 0.6 is 11.6 Å². The second kappa shape index (κ2) is 6.53. The van der Waals surface area contributed by atoms with E-state index >= 15 is 0 Å². The zero-order valence-electron chi connectivity index (χ0n) is 14.0. The monoisotopic (exact) mass is 348 g/mol. The van der Waals surface area contributed by atoms with E-state index < -0.39 is 6.10 Å². The molecule has 0 bridgehead atoms. The molecule has 0 spiro atoms. The van der Waals surface area contributed by atoms with Crippen LogP contribution in [0.15, 0.2) is 18.2 Å². The lowest BCUT2D eigenvalue weighted by molar-refractivity contribution is 0.0757. The minimum absolute atomic E-state index is 0.104. The summed E-state index contributed by atoms with van der Waals surface area (Å²) >= 11 is 6.21. The SMILES string of the molecule is Cc1cc(C)n(-c2ccc(Cl)c(C(=O)N3CCC(C(C)O)C3)n2)n1. The highest BCUT2D eigenvalue weighted by atomic mass is 35.5. The maximum absolute atomic E-state index is 12.8. The molecule has 2 aromatic rings. The normalized spacial score (nSPS) is 18.9. The summed E-state index contributed by atoms with van der Waals surface area (Å²) in [6.45, 7) is 6.74. The number of amides is 1. The highest BCUT2D eigenvalue weighted by molar-refractivity contribution is 6.33. The van der Waals surface area contributed by atoms with Gasteiger partial charge in [-0.25, -0.2) is 9.67 Å². The van der Waals surface area contributed by atoms with Gasteiger partial charge >= 0.3 is 0 Å². The zero-order valence-corrected chi connectivity index (χ0v) is 14.8. The van der Waals surface area contributed by atoms with Crippen molar-refractivity contribution in [2.24, 2.45) is 5.92 Å². The van der Waals surface area contributed by atoms with Crippen LogP contribution in [0.25, 0.3) is 5.82 Å². The summed E-state index contributed by atoms with van der Waals surface area (Å²) in [7, 11) is 0. The van der Waals surface area contributed by atoms with Gasteiger partial charge in [-0.2, -0.15) is 5.10 Å². The van der Waals surface area contributed by atoms with E-state index in [0.717, 1.165) is 17.8 Å². The summed E-state index contributed by atoms with van der Waals surface area (Å²) in [5.41, 5.74) is 2.06. The van der Waals surface area contributed by atoms with Crippen molar-refractivity contribution in [2.45, 2.75) is 33.3 Å². The lowest BCUT2D eigenvalue weighted by Gasteiger charge is -2.18. The first-order chi connectivity index (χ1) is 11.4. The van der Waals surface area contributed by atoms with Crippen LogP contribution in [0.3, 0.4) is 0 Å². The van der Waals surface area contributed by atoms with Gasteiger partial charge in [0.25, 0.3) is 5.91 Å². The Bertz CT molecular complexity index is 772. The zero-order chi connectivity index (χ0) is 17.4. The van der Waals surface area contributed by atoms with Crippen LogP contribution in [-0.2, 0) is 0 Å². The molecule has 1 N–H and O–H groups in total. The molecule has 24 heavy (non-hydrogen) atoms. The van der Waals surface area contributed by atoms with Gasteiger partial charge in [-0.15, -0.1) is 0 Å². The number of aryl methyl sites for hydroxylation is 2. The van der Waals surface area contributed by atoms with Gasteiger partial charge in [-0.05, 0) is 45.4 Å². The molecule has 1 aliphatic rings. The molecule has 0 aromatic carbocycles. The Labute approximate surface area is 146 Å². The smallest absolute Gasteiger partial charge is 0.274 e. The molecule has 0 radical (unpaired) electrons. The minimum Gasteiger partial charge on any atom is -0.393 e. The predicted octanol–water partition coefficient (Wildman–Crippen LogP) is 2.38. The predicted molar refractivity (Wildman–Crippen MR) is 91.5 cm³/mol. The number of aliphatic hydroxyl groups excluding tert-OH is 1. The van der Waals surface area contributed by atoms with Crippen molar-refractivity contribution in [2.75, 3.05) is 13.1 Å². The molecule has 6 nitrogen and oxygen atoms in total. The molecule has 3 heterocycles. The van der Waals surface area contributed by atoms with Gasteiger partial charge in [0.05, 0.1) is 16.8 Å². The van der Waals surface area contributed by atoms with E-state index in [4.69, 9.17) is 11.6 Å². The average molecular weight is 349 g/mol. The van der Waals surface area contributed by atoms with E-state index in [0.29, 0.717) is 23.9 Å². The maximum atomic E-state index is 12.8. The summed E-state index contributed by atoms with van der Waals surface area (Å²) in [5, 5.41) is 14.4. The number of aromatic nitrogens is 3. The Kier molecular flexibility index (Phi) is 4.60. The molecule has 2 atom stereocenters. The van der Waals surface area contributed by atoms with Gasteiger partial charge in [0.2, 0.25) is 0 Å². The van der Waals surface area contributed by atoms with Gasteiger partial charge in [0, 0.05) is 24.7 Å². The minimum atomic E-state index is -0.424. The topological polar surface area (TPSA) is 71.2 Å². The third kappa shape index (κ3) is 3.16. The lowest BCUT2D eigenvalue weighted by atomic mass is 10.0. The number of hydrogen-bond donors (Lipinski definition) is 1. The Morgan fingerprint density at radius 1 is 1.42 bits per heavy atom. The van der Waals surface area contributed by atoms with Gasteiger partial charge < -0.3 is 10.0 Å². The molecule has 1 fully saturated rings. The Morgan fingerprint density at radius 2 is 2.17 bits per heavy atom. The maximum Gasteiger partial charge on any atom is 0.274 e. The number of nitrogens with zero attached hydrogens (tertiary/aromatic N) is 4. The van der Waals surface area contributed by atoms with Crippen LogP contribution < -0.4 is 0 Å². The van der Waals surface area contributed by atoms with E-state index in [2.05, 4.69) is 10.1 Å². The van der Waals surface area contributed by atoms with Crippen molar-refractivity contribution in [3.05, 3.63) is 40.3 Å². The largest absolute Gasteiger partial charge is 0.393 e. The third-order valence-corrected chi connectivity index (χ3v) is 4.76. The first-order valence-corrected chi connectivity index (χ1v) is 8.42. The number of aliphatic hydroxyl groups is 1. The number of halogens is 1. The van der Waals surface area contributed by atoms with Crippen molar-refractivity contribution < 1.29 is 9.90 Å². The summed E-state index contributed by atoms with van der Waals surface area (Å²) < 4.78 is 1.70. The molecule has 0 aliphatic carbocycles. The molecule has 2 aromatic heterocycles. The van der Waals surface area contributed by atoms with Gasteiger partial charge in [0.1, 0.15) is 5.69 Å². The van der Waals surface area contributed by atoms with Crippen LogP contribution in [0.2, 0.25) is 5.02 Å². The number of rotatable bonds is 3. The average Bonchev–Trinajstić information content (AvgIpc) is 3.14. The summed E-state index contributed by atoms with van der Waals surface area (Å²) in [5.74, 6) is 0.470. The van der Waals surface area contributed by atoms with Crippen LogP contribution in [-0.4, -0.2) is 49.9 Å². The number of carbonyl (C=O) groups is 1. The number of likely N-dealkylation sites (tertiary alicyclic amines) is 1. The highest BCUT2D eigenvalue weighted by Crippen LogP contribution is 2.24. The second-order valence-corrected chi connectivity index (χ2v) is 6.79. The highest BCUT2D eigenvalue weighted by Gasteiger charge is 2.31. The van der Waals surface area contributed by atoms with Crippen molar-refractivity contribution in [1.29, 1.82) is 0 Å². The van der Waals surface area contributed by atoms with E-state index in [1.165, 1.54) is 0 Å². The van der Waals surface area contributed by atoms with E-state index in [-0.39, 0.29) is 17.5 Å². The molecule has 2 unspecified atom stereocenters. The molecular formula is C17H21ClN4O2. The Morgan fingerprint density at radius 3 is 2.75 bits per heavy atom. The molecule has 0 saturated carbocycles. The number of hydrogen-bond acceptors (Lipinski definition) is 4. The fraction of sp³-hybridized carbons (Fsp3) is 0.471. The fourth-order valence-corrected chi connectivity index (χ4v) is 3.26. The first kappa shape index (κ1) is 16.9. The Hall–Kier alpha value is -1.92. The molecule has 3 rings (SSSR count). The third-order valence-electron chi connectivity index (χ3n) is 4.45. The van der Waals surface area contributed by atoms with Crippen molar-refractivity contribution in [3.63, 3.8) is 0 Å². The van der Waals surface area contributed by atoms with Crippen LogP contribution in [0.4, 0.5) is 0 Å². The summed E-state index contributed by atoms with van der Waals surface area (Å²) in [6.07, 6.45) is 0.366. The number of carbonyl (C=O) groups excluding carboxylic acids is 1. The van der Waals surface area contributed by atoms with Crippen molar-refractivity contribution in [1.82, 2.24) is 19.7 Å². The molecular weight excluding hydrogens is 328 g/mol. The summed E-state index contributed by atoms with van der Waals surface area (Å²) in [4.78, 5) is 18.9. The Balaban J connectivity index is 1.89. The van der Waals surface area contributed by atoms with Crippen LogP contribution in [0, 0.1) is 19.8 Å². The standard InChI is InChI=1S/C17H21ClN4O2/c1-10-8-11(2)22(20-10)15-5-4-14(18)16(19-15)17(24)21-7-6-13(9-21)12(3)23/h4-5,8,12-13,23H,6-7,9H2,1-3H3. The fourth-order valence-electron chi connectivity index (χ4n) is 3.08.